The summed E-state index contributed by atoms with van der Waals surface area (Å²) in [6.45, 7) is 7.23. The second-order valence-electron chi connectivity index (χ2n) is 20.0. The van der Waals surface area contributed by atoms with Crippen LogP contribution in [0.25, 0.3) is 10.9 Å². The summed E-state index contributed by atoms with van der Waals surface area (Å²) in [5.41, 5.74) is 18.5. The maximum atomic E-state index is 14.3. The number of hydrogen-bond donors (Lipinski definition) is 14. The highest BCUT2D eigenvalue weighted by molar-refractivity contribution is 7.98. The van der Waals surface area contributed by atoms with Crippen molar-refractivity contribution in [1.82, 2.24) is 72.4 Å². The fourth-order valence-electron chi connectivity index (χ4n) is 8.30. The molecular formula is C51H75N17O11S. The van der Waals surface area contributed by atoms with Gasteiger partial charge in [0.05, 0.1) is 32.2 Å². The number of aromatic nitrogens is 5. The molecule has 3 heterocycles. The van der Waals surface area contributed by atoms with Gasteiger partial charge in [0.1, 0.15) is 48.3 Å². The maximum Gasteiger partial charge on any atom is 0.245 e. The van der Waals surface area contributed by atoms with Crippen LogP contribution in [0.5, 0.6) is 0 Å². The molecule has 0 aliphatic rings. The van der Waals surface area contributed by atoms with Crippen molar-refractivity contribution in [3.05, 3.63) is 72.5 Å². The molecule has 0 saturated carbocycles. The molecule has 0 spiro atoms. The predicted octanol–water partition coefficient (Wildman–Crippen LogP) is -3.23. The van der Waals surface area contributed by atoms with Gasteiger partial charge in [0.15, 0.2) is 0 Å². The maximum absolute atomic E-state index is 14.3. The molecule has 0 bridgehead atoms. The lowest BCUT2D eigenvalue weighted by atomic mass is 10.0. The van der Waals surface area contributed by atoms with Gasteiger partial charge in [0.25, 0.3) is 0 Å². The number of imidazole rings is 2. The number of benzene rings is 1. The number of primary amides is 2. The van der Waals surface area contributed by atoms with Crippen molar-refractivity contribution in [2.24, 2.45) is 29.0 Å². The molecule has 28 nitrogen and oxygen atoms in total. The third-order valence-corrected chi connectivity index (χ3v) is 13.2. The van der Waals surface area contributed by atoms with Gasteiger partial charge in [0, 0.05) is 67.2 Å². The van der Waals surface area contributed by atoms with Gasteiger partial charge in [-0.05, 0) is 55.2 Å². The van der Waals surface area contributed by atoms with Crippen LogP contribution in [0.15, 0.2) is 55.5 Å². The third-order valence-electron chi connectivity index (χ3n) is 12.6. The number of nitrogens with zero attached hydrogens (tertiary/aromatic N) is 3. The molecule has 4 rings (SSSR count). The minimum atomic E-state index is -1.51. The molecule has 0 saturated heterocycles. The second-order valence-corrected chi connectivity index (χ2v) is 20.9. The smallest absolute Gasteiger partial charge is 0.245 e. The number of aromatic amines is 3. The molecule has 0 unspecified atom stereocenters. The Hall–Kier alpha value is -8.34. The van der Waals surface area contributed by atoms with Crippen LogP contribution in [0.1, 0.15) is 70.8 Å². The number of para-hydroxylation sites is 1. The van der Waals surface area contributed by atoms with E-state index in [9.17, 15) is 52.7 Å². The number of nitrogens with two attached hydrogens (primary N) is 3. The average molecular weight is 1130 g/mol. The summed E-state index contributed by atoms with van der Waals surface area (Å²) in [6, 6.07) is -3.15. The minimum Gasteiger partial charge on any atom is -0.370 e. The first-order valence-electron chi connectivity index (χ1n) is 25.8. The number of amides is 11. The zero-order valence-corrected chi connectivity index (χ0v) is 46.6. The molecule has 80 heavy (non-hydrogen) atoms. The number of hydrogen-bond acceptors (Lipinski definition) is 15. The Labute approximate surface area is 466 Å². The second kappa shape index (κ2) is 31.3. The predicted molar refractivity (Wildman–Crippen MR) is 295 cm³/mol. The molecule has 8 atom stereocenters. The van der Waals surface area contributed by atoms with E-state index >= 15 is 0 Å². The molecule has 0 aliphatic heterocycles. The van der Waals surface area contributed by atoms with Gasteiger partial charge in [-0.15, -0.1) is 0 Å². The lowest BCUT2D eigenvalue weighted by Crippen LogP contribution is -2.60. The van der Waals surface area contributed by atoms with E-state index in [2.05, 4.69) is 67.5 Å². The number of thioether (sulfide) groups is 1. The summed E-state index contributed by atoms with van der Waals surface area (Å²) < 4.78 is 0. The van der Waals surface area contributed by atoms with Crippen molar-refractivity contribution in [2.75, 3.05) is 32.1 Å². The molecule has 0 fully saturated rings. The van der Waals surface area contributed by atoms with Crippen LogP contribution in [-0.2, 0) is 72.0 Å². The topological polar surface area (TPSA) is 438 Å². The van der Waals surface area contributed by atoms with E-state index in [4.69, 9.17) is 17.2 Å². The van der Waals surface area contributed by atoms with E-state index in [1.807, 2.05) is 26.2 Å². The van der Waals surface area contributed by atoms with E-state index < -0.39 is 139 Å². The van der Waals surface area contributed by atoms with Crippen molar-refractivity contribution < 1.29 is 52.7 Å². The van der Waals surface area contributed by atoms with Gasteiger partial charge < -0.3 is 79.6 Å². The van der Waals surface area contributed by atoms with E-state index in [0.717, 1.165) is 15.8 Å². The van der Waals surface area contributed by atoms with E-state index in [-0.39, 0.29) is 38.0 Å². The lowest BCUT2D eigenvalue weighted by molar-refractivity contribution is -0.140. The van der Waals surface area contributed by atoms with Crippen molar-refractivity contribution in [1.29, 1.82) is 0 Å². The Morgan fingerprint density at radius 2 is 1.15 bits per heavy atom. The highest BCUT2D eigenvalue weighted by Crippen LogP contribution is 2.20. The zero-order chi connectivity index (χ0) is 59.2. The minimum absolute atomic E-state index is 0.0870. The van der Waals surface area contributed by atoms with Gasteiger partial charge in [0.2, 0.25) is 65.0 Å². The number of carbonyl (C=O) groups is 11. The van der Waals surface area contributed by atoms with Crippen LogP contribution in [0, 0.1) is 11.8 Å². The Bertz CT molecular complexity index is 2770. The monoisotopic (exact) mass is 1130 g/mol. The molecule has 3 aromatic heterocycles. The van der Waals surface area contributed by atoms with Crippen molar-refractivity contribution >= 4 is 87.6 Å². The third kappa shape index (κ3) is 20.2. The molecule has 1 aromatic carbocycles. The summed E-state index contributed by atoms with van der Waals surface area (Å²) in [7, 11) is 1.32. The summed E-state index contributed by atoms with van der Waals surface area (Å²) in [5, 5.41) is 21.5. The number of rotatable bonds is 33. The quantitative estimate of drug-likeness (QED) is 0.0223. The Morgan fingerprint density at radius 3 is 1.69 bits per heavy atom. The fourth-order valence-corrected chi connectivity index (χ4v) is 8.77. The Kier molecular flexibility index (Phi) is 25.1. The highest BCUT2D eigenvalue weighted by Gasteiger charge is 2.35. The number of carbonyl (C=O) groups excluding carboxylic acids is 11. The normalized spacial score (nSPS) is 14.2. The molecule has 436 valence electrons. The van der Waals surface area contributed by atoms with Crippen molar-refractivity contribution in [3.63, 3.8) is 0 Å². The molecule has 29 heteroatoms. The summed E-state index contributed by atoms with van der Waals surface area (Å²) >= 11 is 1.46. The number of fused-ring (bicyclic) bond motifs is 1. The van der Waals surface area contributed by atoms with Gasteiger partial charge in [-0.25, -0.2) is 9.97 Å². The van der Waals surface area contributed by atoms with Gasteiger partial charge in [-0.2, -0.15) is 11.8 Å². The van der Waals surface area contributed by atoms with Gasteiger partial charge in [-0.3, -0.25) is 52.7 Å². The number of likely N-dealkylation sites (N-methyl/N-ethyl adjacent to an activating group) is 1. The lowest BCUT2D eigenvalue weighted by Gasteiger charge is -2.29. The summed E-state index contributed by atoms with van der Waals surface area (Å²) in [5.74, 6) is -8.91. The van der Waals surface area contributed by atoms with Crippen LogP contribution in [0.4, 0.5) is 0 Å². The summed E-state index contributed by atoms with van der Waals surface area (Å²) in [6.07, 6.45) is 8.45. The van der Waals surface area contributed by atoms with Crippen molar-refractivity contribution in [3.8, 4) is 0 Å². The van der Waals surface area contributed by atoms with Crippen LogP contribution in [0.3, 0.4) is 0 Å². The fraction of sp³-hybridized carbons (Fsp3) is 0.510. The SMILES string of the molecule is CSCC[C@H](NC(=O)[C@H](CC(C)C)NC(=O)[C@H](Cc1cnc[nH]1)NC(=O)CN(C)C(=O)[C@@H](NC(=O)[C@H](C)NC(=O)[C@H](Cc1c[nH]c2ccccc12)NC(=O)[C@H](Cc1cnc[nH]1)NC(=O)[C@H](CC(N)=O)NC(=O)CN)C(C)C)C(N)=O. The first kappa shape index (κ1) is 64.2. The van der Waals surface area contributed by atoms with E-state index in [0.29, 0.717) is 22.7 Å². The van der Waals surface area contributed by atoms with Crippen molar-refractivity contribution in [2.45, 2.75) is 121 Å². The van der Waals surface area contributed by atoms with Crippen LogP contribution >= 0.6 is 11.8 Å². The van der Waals surface area contributed by atoms with E-state index in [1.54, 1.807) is 38.2 Å². The van der Waals surface area contributed by atoms with Gasteiger partial charge in [-0.1, -0.05) is 45.9 Å². The van der Waals surface area contributed by atoms with Crippen LogP contribution in [-0.4, -0.2) is 175 Å². The number of H-pyrrole nitrogens is 3. The molecule has 11 amide bonds. The highest BCUT2D eigenvalue weighted by atomic mass is 32.2. The Balaban J connectivity index is 1.50. The van der Waals surface area contributed by atoms with Crippen LogP contribution in [0.2, 0.25) is 0 Å². The zero-order valence-electron chi connectivity index (χ0n) is 45.8. The first-order chi connectivity index (χ1) is 37.9. The molecular weight excluding hydrogens is 1060 g/mol. The Morgan fingerprint density at radius 1 is 0.625 bits per heavy atom. The molecule has 17 N–H and O–H groups in total. The summed E-state index contributed by atoms with van der Waals surface area (Å²) in [4.78, 5) is 165. The molecule has 0 radical (unpaired) electrons. The molecule has 0 aliphatic carbocycles. The average Bonchev–Trinajstić information content (AvgIpc) is 4.21. The van der Waals surface area contributed by atoms with Gasteiger partial charge >= 0.3 is 0 Å². The van der Waals surface area contributed by atoms with Crippen LogP contribution < -0.4 is 59.7 Å². The molecule has 4 aromatic rings. The first-order valence-corrected chi connectivity index (χ1v) is 27.2. The standard InChI is InChI=1S/C51H75N17O11S/c1-26(2)14-35(47(75)63-34(44(54)72)12-13-80-7)64-48(76)37(16-30-21-55-24-58-30)62-42(71)23-68(6)51(79)43(27(3)4)67-45(73)28(5)60-46(74)36(15-29-20-57-33-11-9-8-10-32(29)33)65-49(77)38(17-31-22-56-25-59-31)66-50(78)39(18-40(53)69)61-41(70)19-52/h8-11,20-22,24-28,34-39,43,57H,12-19,23,52H2,1-7H3,(H2,53,69)(H2,54,72)(H,55,58)(H,56,59)(H,60,74)(H,61,70)(H,62,71)(H,63,75)(H,64,76)(H,65,77)(H,66,78)(H,67,73)/t28-,34-,35-,36-,37-,38-,39-,43-/m0/s1. The number of nitrogens with one attached hydrogen (secondary N) is 11. The van der Waals surface area contributed by atoms with E-state index in [1.165, 1.54) is 50.8 Å². The largest absolute Gasteiger partial charge is 0.370 e.